The van der Waals surface area contributed by atoms with Gasteiger partial charge >= 0.3 is 0 Å². The van der Waals surface area contributed by atoms with Crippen LogP contribution in [0.25, 0.3) is 0 Å². The van der Waals surface area contributed by atoms with Crippen LogP contribution in [0.1, 0.15) is 271 Å². The number of nitrogens with one attached hydrogen (secondary N) is 1. The smallest absolute Gasteiger partial charge is 0.222 e. The van der Waals surface area contributed by atoms with Crippen molar-refractivity contribution in [3.63, 3.8) is 0 Å². The predicted octanol–water partition coefficient (Wildman–Crippen LogP) is 14.4. The Hall–Kier alpha value is -0.910. The molecule has 0 saturated carbocycles. The summed E-state index contributed by atoms with van der Waals surface area (Å²) >= 11 is 0. The van der Waals surface area contributed by atoms with Crippen molar-refractivity contribution in [2.75, 3.05) is 6.61 Å². The molecule has 0 aliphatic heterocycles. The third kappa shape index (κ3) is 40.7. The molecule has 0 aliphatic rings. The SMILES string of the molecule is CCCCCCCCCC/C=C/C(O)C(CO)NC(=O)CC(O)CCCCCCCCCCCCCCCCCCCCCCCCCCCCCCC. The van der Waals surface area contributed by atoms with Crippen LogP contribution in [-0.4, -0.2) is 46.1 Å². The number of carbonyl (C=O) groups is 1. The van der Waals surface area contributed by atoms with E-state index in [1.807, 2.05) is 6.08 Å². The summed E-state index contributed by atoms with van der Waals surface area (Å²) in [5, 5.41) is 33.2. The molecule has 0 rings (SSSR count). The Kier molecular flexibility index (Phi) is 44.0. The minimum absolute atomic E-state index is 0.0186. The first-order valence-corrected chi connectivity index (χ1v) is 24.5. The first-order chi connectivity index (χ1) is 26.5. The van der Waals surface area contributed by atoms with E-state index in [1.165, 1.54) is 218 Å². The zero-order valence-electron chi connectivity index (χ0n) is 36.6. The fourth-order valence-electron chi connectivity index (χ4n) is 7.81. The van der Waals surface area contributed by atoms with E-state index in [1.54, 1.807) is 6.08 Å². The maximum atomic E-state index is 12.4. The first-order valence-electron chi connectivity index (χ1n) is 24.5. The quantitative estimate of drug-likeness (QED) is 0.0367. The number of amides is 1. The van der Waals surface area contributed by atoms with Gasteiger partial charge < -0.3 is 20.6 Å². The molecule has 3 atom stereocenters. The van der Waals surface area contributed by atoms with E-state index >= 15 is 0 Å². The molecule has 0 aliphatic carbocycles. The number of hydrogen-bond donors (Lipinski definition) is 4. The van der Waals surface area contributed by atoms with Crippen LogP contribution in [0.3, 0.4) is 0 Å². The number of carbonyl (C=O) groups excluding carboxylic acids is 1. The van der Waals surface area contributed by atoms with Gasteiger partial charge in [-0.1, -0.05) is 257 Å². The molecule has 0 radical (unpaired) electrons. The van der Waals surface area contributed by atoms with E-state index in [9.17, 15) is 20.1 Å². The topological polar surface area (TPSA) is 89.8 Å². The molecular weight excluding hydrogens is 667 g/mol. The van der Waals surface area contributed by atoms with Gasteiger partial charge in [0.15, 0.2) is 0 Å². The molecule has 1 amide bonds. The van der Waals surface area contributed by atoms with E-state index in [0.717, 1.165) is 25.7 Å². The average molecular weight is 764 g/mol. The number of rotatable bonds is 45. The van der Waals surface area contributed by atoms with Crippen molar-refractivity contribution in [2.24, 2.45) is 0 Å². The minimum atomic E-state index is -0.923. The van der Waals surface area contributed by atoms with Crippen molar-refractivity contribution >= 4 is 5.91 Å². The second-order valence-electron chi connectivity index (χ2n) is 17.1. The summed E-state index contributed by atoms with van der Waals surface area (Å²) in [4.78, 5) is 12.4. The van der Waals surface area contributed by atoms with Crippen molar-refractivity contribution in [3.8, 4) is 0 Å². The Labute approximate surface area is 338 Å². The highest BCUT2D eigenvalue weighted by Crippen LogP contribution is 2.17. The van der Waals surface area contributed by atoms with E-state index in [0.29, 0.717) is 6.42 Å². The fraction of sp³-hybridized carbons (Fsp3) is 0.939. The highest BCUT2D eigenvalue weighted by molar-refractivity contribution is 5.76. The van der Waals surface area contributed by atoms with E-state index < -0.39 is 18.2 Å². The Morgan fingerprint density at radius 3 is 1.07 bits per heavy atom. The standard InChI is InChI=1S/C49H97NO4/c1-3-5-7-9-11-13-15-16-17-18-19-20-21-22-23-24-25-26-27-28-29-30-31-32-33-34-36-38-40-42-46(52)44-49(54)50-47(45-51)48(53)43-41-39-37-35-14-12-10-8-6-4-2/h41,43,46-48,51-53H,3-40,42,44-45H2,1-2H3,(H,50,54)/b43-41+. The van der Waals surface area contributed by atoms with E-state index in [-0.39, 0.29) is 18.9 Å². The zero-order chi connectivity index (χ0) is 39.4. The molecule has 0 aromatic rings. The van der Waals surface area contributed by atoms with Gasteiger partial charge in [-0.3, -0.25) is 4.79 Å². The molecule has 0 fully saturated rings. The number of hydrogen-bond acceptors (Lipinski definition) is 4. The number of aliphatic hydroxyl groups is 3. The predicted molar refractivity (Wildman–Crippen MR) is 236 cm³/mol. The van der Waals surface area contributed by atoms with Crippen LogP contribution in [0.4, 0.5) is 0 Å². The first kappa shape index (κ1) is 53.1. The lowest BCUT2D eigenvalue weighted by Gasteiger charge is -2.21. The van der Waals surface area contributed by atoms with Gasteiger partial charge in [0.05, 0.1) is 31.3 Å². The maximum Gasteiger partial charge on any atom is 0.222 e. The van der Waals surface area contributed by atoms with Gasteiger partial charge in [0, 0.05) is 0 Å². The molecule has 0 bridgehead atoms. The normalized spacial score (nSPS) is 13.5. The van der Waals surface area contributed by atoms with Gasteiger partial charge in [-0.25, -0.2) is 0 Å². The highest BCUT2D eigenvalue weighted by Gasteiger charge is 2.20. The highest BCUT2D eigenvalue weighted by atomic mass is 16.3. The van der Waals surface area contributed by atoms with Gasteiger partial charge in [-0.05, 0) is 19.3 Å². The van der Waals surface area contributed by atoms with Gasteiger partial charge in [0.25, 0.3) is 0 Å². The van der Waals surface area contributed by atoms with E-state index in [4.69, 9.17) is 0 Å². The minimum Gasteiger partial charge on any atom is -0.394 e. The largest absolute Gasteiger partial charge is 0.394 e. The molecule has 3 unspecified atom stereocenters. The van der Waals surface area contributed by atoms with Gasteiger partial charge in [0.2, 0.25) is 5.91 Å². The number of allylic oxidation sites excluding steroid dienone is 1. The van der Waals surface area contributed by atoms with Gasteiger partial charge in [-0.15, -0.1) is 0 Å². The molecular formula is C49H97NO4. The van der Waals surface area contributed by atoms with Crippen LogP contribution in [0, 0.1) is 0 Å². The Bertz CT molecular complexity index is 758. The average Bonchev–Trinajstić information content (AvgIpc) is 3.16. The molecule has 0 heterocycles. The van der Waals surface area contributed by atoms with Crippen LogP contribution in [0.2, 0.25) is 0 Å². The number of unbranched alkanes of at least 4 members (excludes halogenated alkanes) is 36. The Balaban J connectivity index is 3.46. The number of aliphatic hydroxyl groups excluding tert-OH is 3. The van der Waals surface area contributed by atoms with Crippen LogP contribution in [-0.2, 0) is 4.79 Å². The summed E-state index contributed by atoms with van der Waals surface area (Å²) in [5.41, 5.74) is 0. The van der Waals surface area contributed by atoms with Crippen LogP contribution >= 0.6 is 0 Å². The summed E-state index contributed by atoms with van der Waals surface area (Å²) in [6.45, 7) is 4.21. The van der Waals surface area contributed by atoms with Crippen molar-refractivity contribution in [1.29, 1.82) is 0 Å². The molecule has 0 aromatic heterocycles. The van der Waals surface area contributed by atoms with E-state index in [2.05, 4.69) is 19.2 Å². The Morgan fingerprint density at radius 2 is 0.759 bits per heavy atom. The molecule has 5 nitrogen and oxygen atoms in total. The third-order valence-electron chi connectivity index (χ3n) is 11.6. The van der Waals surface area contributed by atoms with Crippen molar-refractivity contribution < 1.29 is 20.1 Å². The second kappa shape index (κ2) is 44.8. The molecule has 0 saturated heterocycles. The summed E-state index contributed by atoms with van der Waals surface area (Å²) in [6.07, 6.45) is 53.9. The van der Waals surface area contributed by atoms with Crippen molar-refractivity contribution in [2.45, 2.75) is 289 Å². The molecule has 322 valence electrons. The summed E-state index contributed by atoms with van der Waals surface area (Å²) < 4.78 is 0. The van der Waals surface area contributed by atoms with Crippen molar-refractivity contribution in [1.82, 2.24) is 5.32 Å². The van der Waals surface area contributed by atoms with Crippen molar-refractivity contribution in [3.05, 3.63) is 12.2 Å². The molecule has 0 spiro atoms. The van der Waals surface area contributed by atoms with Gasteiger partial charge in [-0.2, -0.15) is 0 Å². The molecule has 4 N–H and O–H groups in total. The lowest BCUT2D eigenvalue weighted by molar-refractivity contribution is -0.124. The lowest BCUT2D eigenvalue weighted by Crippen LogP contribution is -2.45. The fourth-order valence-corrected chi connectivity index (χ4v) is 7.81. The summed E-state index contributed by atoms with van der Waals surface area (Å²) in [7, 11) is 0. The molecule has 54 heavy (non-hydrogen) atoms. The summed E-state index contributed by atoms with van der Waals surface area (Å²) in [6, 6.07) is -0.738. The second-order valence-corrected chi connectivity index (χ2v) is 17.1. The third-order valence-corrected chi connectivity index (χ3v) is 11.6. The van der Waals surface area contributed by atoms with Crippen LogP contribution in [0.15, 0.2) is 12.2 Å². The molecule has 5 heteroatoms. The Morgan fingerprint density at radius 1 is 0.463 bits per heavy atom. The molecule has 0 aromatic carbocycles. The van der Waals surface area contributed by atoms with Crippen LogP contribution < -0.4 is 5.32 Å². The lowest BCUT2D eigenvalue weighted by atomic mass is 10.0. The zero-order valence-corrected chi connectivity index (χ0v) is 36.6. The monoisotopic (exact) mass is 764 g/mol. The maximum absolute atomic E-state index is 12.4. The summed E-state index contributed by atoms with van der Waals surface area (Å²) in [5.74, 6) is -0.313. The van der Waals surface area contributed by atoms with Crippen LogP contribution in [0.5, 0.6) is 0 Å². The van der Waals surface area contributed by atoms with Gasteiger partial charge in [0.1, 0.15) is 0 Å².